The van der Waals surface area contributed by atoms with Gasteiger partial charge in [0.1, 0.15) is 11.6 Å². The second kappa shape index (κ2) is 9.34. The third-order valence-electron chi connectivity index (χ3n) is 3.88. The topological polar surface area (TPSA) is 132 Å². The molecule has 150 valence electrons. The second-order valence-corrected chi connectivity index (χ2v) is 7.89. The molecule has 8 nitrogen and oxygen atoms in total. The van der Waals surface area contributed by atoms with Gasteiger partial charge >= 0.3 is 5.97 Å². The first-order valence-electron chi connectivity index (χ1n) is 8.46. The largest absolute Gasteiger partial charge is 0.482 e. The van der Waals surface area contributed by atoms with Crippen molar-refractivity contribution in [3.63, 3.8) is 0 Å². The Labute approximate surface area is 164 Å². The third-order valence-corrected chi connectivity index (χ3v) is 5.49. The van der Waals surface area contributed by atoms with Gasteiger partial charge in [-0.05, 0) is 55.3 Å². The van der Waals surface area contributed by atoms with Crippen LogP contribution in [0.3, 0.4) is 0 Å². The molecule has 2 rings (SSSR count). The Hall–Kier alpha value is -2.91. The number of nitrogens with one attached hydrogen (secondary N) is 2. The molecule has 2 aromatic rings. The van der Waals surface area contributed by atoms with E-state index in [9.17, 15) is 13.2 Å². The molecular weight excluding hydrogens is 382 g/mol. The molecule has 0 heterocycles. The number of nitrogen functional groups attached to an aromatic ring is 1. The molecule has 0 unspecified atom stereocenters. The van der Waals surface area contributed by atoms with Gasteiger partial charge < -0.3 is 15.2 Å². The molecule has 0 aliphatic carbocycles. The number of hydrogen-bond donors (Lipinski definition) is 3. The van der Waals surface area contributed by atoms with Crippen LogP contribution in [0.1, 0.15) is 18.1 Å². The van der Waals surface area contributed by atoms with E-state index in [1.54, 1.807) is 31.2 Å². The van der Waals surface area contributed by atoms with Gasteiger partial charge in [0.2, 0.25) is 10.0 Å². The molecule has 0 saturated heterocycles. The first-order valence-corrected chi connectivity index (χ1v) is 9.95. The third kappa shape index (κ3) is 6.07. The van der Waals surface area contributed by atoms with Gasteiger partial charge in [-0.2, -0.15) is 0 Å². The number of esters is 1. The van der Waals surface area contributed by atoms with E-state index in [0.717, 1.165) is 5.56 Å². The number of carbonyl (C=O) groups is 1. The SMILES string of the molecule is COC(=O)COc1ccc(C[C@H](C)NS(=O)(=O)c2ccc(C(=N)N)cc2)cc1. The van der Waals surface area contributed by atoms with Crippen LogP contribution in [-0.4, -0.2) is 40.0 Å². The van der Waals surface area contributed by atoms with E-state index in [-0.39, 0.29) is 23.4 Å². The van der Waals surface area contributed by atoms with Crippen molar-refractivity contribution < 1.29 is 22.7 Å². The summed E-state index contributed by atoms with van der Waals surface area (Å²) in [6.45, 7) is 1.59. The summed E-state index contributed by atoms with van der Waals surface area (Å²) in [7, 11) is -2.40. The zero-order chi connectivity index (χ0) is 20.7. The molecule has 28 heavy (non-hydrogen) atoms. The molecule has 9 heteroatoms. The van der Waals surface area contributed by atoms with E-state index in [0.29, 0.717) is 17.7 Å². The lowest BCUT2D eigenvalue weighted by molar-refractivity contribution is -0.142. The highest BCUT2D eigenvalue weighted by Gasteiger charge is 2.18. The Morgan fingerprint density at radius 1 is 1.14 bits per heavy atom. The summed E-state index contributed by atoms with van der Waals surface area (Å²) < 4.78 is 37.4. The Morgan fingerprint density at radius 2 is 1.75 bits per heavy atom. The number of hydrogen-bond acceptors (Lipinski definition) is 6. The summed E-state index contributed by atoms with van der Waals surface area (Å²) >= 11 is 0. The molecule has 2 aromatic carbocycles. The minimum atomic E-state index is -3.69. The van der Waals surface area contributed by atoms with Crippen molar-refractivity contribution in [1.82, 2.24) is 4.72 Å². The molecule has 0 amide bonds. The van der Waals surface area contributed by atoms with Crippen LogP contribution in [0, 0.1) is 5.41 Å². The van der Waals surface area contributed by atoms with E-state index < -0.39 is 16.0 Å². The van der Waals surface area contributed by atoms with Gasteiger partial charge in [-0.1, -0.05) is 12.1 Å². The zero-order valence-electron chi connectivity index (χ0n) is 15.6. The summed E-state index contributed by atoms with van der Waals surface area (Å²) in [5.74, 6) is -0.0688. The molecule has 0 aliphatic rings. The molecule has 0 saturated carbocycles. The fraction of sp³-hybridized carbons (Fsp3) is 0.263. The van der Waals surface area contributed by atoms with Gasteiger partial charge in [0.15, 0.2) is 6.61 Å². The Morgan fingerprint density at radius 3 is 2.29 bits per heavy atom. The summed E-state index contributed by atoms with van der Waals surface area (Å²) in [5, 5.41) is 7.35. The van der Waals surface area contributed by atoms with E-state index in [1.165, 1.54) is 31.4 Å². The lowest BCUT2D eigenvalue weighted by atomic mass is 10.1. The normalized spacial score (nSPS) is 12.2. The first-order chi connectivity index (χ1) is 13.2. The van der Waals surface area contributed by atoms with Gasteiger partial charge in [-0.15, -0.1) is 0 Å². The van der Waals surface area contributed by atoms with Crippen LogP contribution in [0.5, 0.6) is 5.75 Å². The maximum Gasteiger partial charge on any atom is 0.343 e. The lowest BCUT2D eigenvalue weighted by Gasteiger charge is -2.15. The number of nitrogens with two attached hydrogens (primary N) is 1. The van der Waals surface area contributed by atoms with Crippen molar-refractivity contribution in [2.45, 2.75) is 24.3 Å². The summed E-state index contributed by atoms with van der Waals surface area (Å²) in [4.78, 5) is 11.2. The highest BCUT2D eigenvalue weighted by molar-refractivity contribution is 7.89. The van der Waals surface area contributed by atoms with Crippen LogP contribution in [-0.2, 0) is 26.0 Å². The zero-order valence-corrected chi connectivity index (χ0v) is 16.5. The number of sulfonamides is 1. The summed E-state index contributed by atoms with van der Waals surface area (Å²) in [5.41, 5.74) is 6.75. The van der Waals surface area contributed by atoms with E-state index in [4.69, 9.17) is 15.9 Å². The number of carbonyl (C=O) groups excluding carboxylic acids is 1. The molecule has 4 N–H and O–H groups in total. The molecule has 0 bridgehead atoms. The minimum absolute atomic E-state index is 0.107. The first kappa shape index (κ1) is 21.4. The summed E-state index contributed by atoms with van der Waals surface area (Å²) in [6, 6.07) is 12.5. The number of rotatable bonds is 9. The number of amidine groups is 1. The molecule has 0 fully saturated rings. The van der Waals surface area contributed by atoms with Crippen LogP contribution in [0.15, 0.2) is 53.4 Å². The van der Waals surface area contributed by atoms with Crippen LogP contribution in [0.25, 0.3) is 0 Å². The second-order valence-electron chi connectivity index (χ2n) is 6.17. The van der Waals surface area contributed by atoms with Crippen molar-refractivity contribution in [2.75, 3.05) is 13.7 Å². The Kier molecular flexibility index (Phi) is 7.13. The van der Waals surface area contributed by atoms with E-state index in [2.05, 4.69) is 9.46 Å². The maximum atomic E-state index is 12.5. The molecule has 0 radical (unpaired) electrons. The highest BCUT2D eigenvalue weighted by Crippen LogP contribution is 2.15. The van der Waals surface area contributed by atoms with Crippen molar-refractivity contribution in [3.05, 3.63) is 59.7 Å². The van der Waals surface area contributed by atoms with Crippen molar-refractivity contribution in [1.29, 1.82) is 5.41 Å². The number of benzene rings is 2. The molecular formula is C19H23N3O5S. The Bertz CT molecular complexity index is 925. The van der Waals surface area contributed by atoms with Crippen LogP contribution < -0.4 is 15.2 Å². The molecule has 0 spiro atoms. The van der Waals surface area contributed by atoms with Gasteiger partial charge in [0.25, 0.3) is 0 Å². The van der Waals surface area contributed by atoms with Crippen molar-refractivity contribution in [2.24, 2.45) is 5.73 Å². The quantitative estimate of drug-likeness (QED) is 0.329. The maximum absolute atomic E-state index is 12.5. The highest BCUT2D eigenvalue weighted by atomic mass is 32.2. The van der Waals surface area contributed by atoms with E-state index >= 15 is 0 Å². The smallest absolute Gasteiger partial charge is 0.343 e. The van der Waals surface area contributed by atoms with Crippen LogP contribution in [0.4, 0.5) is 0 Å². The monoisotopic (exact) mass is 405 g/mol. The van der Waals surface area contributed by atoms with Crippen molar-refractivity contribution in [3.8, 4) is 5.75 Å². The van der Waals surface area contributed by atoms with Crippen LogP contribution >= 0.6 is 0 Å². The summed E-state index contributed by atoms with van der Waals surface area (Å²) in [6.07, 6.45) is 0.474. The van der Waals surface area contributed by atoms with Gasteiger partial charge in [0, 0.05) is 11.6 Å². The average molecular weight is 405 g/mol. The number of ether oxygens (including phenoxy) is 2. The van der Waals surface area contributed by atoms with Crippen LogP contribution in [0.2, 0.25) is 0 Å². The standard InChI is InChI=1S/C19H23N3O5S/c1-13(11-14-3-7-16(8-4-14)27-12-18(23)26-2)22-28(24,25)17-9-5-15(6-10-17)19(20)21/h3-10,13,22H,11-12H2,1-2H3,(H3,20,21)/t13-/m0/s1. The minimum Gasteiger partial charge on any atom is -0.482 e. The Balaban J connectivity index is 1.95. The van der Waals surface area contributed by atoms with Crippen molar-refractivity contribution >= 4 is 21.8 Å². The average Bonchev–Trinajstić information content (AvgIpc) is 2.66. The molecule has 0 aliphatic heterocycles. The molecule has 0 aromatic heterocycles. The number of methoxy groups -OCH3 is 1. The predicted molar refractivity (Wildman–Crippen MR) is 105 cm³/mol. The van der Waals surface area contributed by atoms with Gasteiger partial charge in [0.05, 0.1) is 12.0 Å². The lowest BCUT2D eigenvalue weighted by Crippen LogP contribution is -2.34. The fourth-order valence-corrected chi connectivity index (χ4v) is 3.71. The van der Waals surface area contributed by atoms with Gasteiger partial charge in [-0.25, -0.2) is 17.9 Å². The van der Waals surface area contributed by atoms with E-state index in [1.807, 2.05) is 0 Å². The molecule has 1 atom stereocenters. The fourth-order valence-electron chi connectivity index (χ4n) is 2.46. The van der Waals surface area contributed by atoms with Gasteiger partial charge in [-0.3, -0.25) is 5.41 Å². The predicted octanol–water partition coefficient (Wildman–Crippen LogP) is 1.43.